The molecule has 1 aromatic rings. The summed E-state index contributed by atoms with van der Waals surface area (Å²) in [6, 6.07) is 3.71. The SMILES string of the molecule is CCOC1CCN(c2ccc(/C(N)=N/O)cn2)CC1. The van der Waals surface area contributed by atoms with Gasteiger partial charge in [0.15, 0.2) is 5.84 Å². The maximum absolute atomic E-state index is 8.60. The van der Waals surface area contributed by atoms with Gasteiger partial charge in [0.25, 0.3) is 0 Å². The van der Waals surface area contributed by atoms with Gasteiger partial charge in [-0.15, -0.1) is 0 Å². The summed E-state index contributed by atoms with van der Waals surface area (Å²) in [7, 11) is 0. The number of aromatic nitrogens is 1. The van der Waals surface area contributed by atoms with Crippen LogP contribution in [0.4, 0.5) is 5.82 Å². The number of nitrogens with two attached hydrogens (primary N) is 1. The van der Waals surface area contributed by atoms with Crippen LogP contribution in [-0.4, -0.2) is 41.8 Å². The molecule has 1 fully saturated rings. The van der Waals surface area contributed by atoms with Gasteiger partial charge in [0.2, 0.25) is 0 Å². The summed E-state index contributed by atoms with van der Waals surface area (Å²) < 4.78 is 5.63. The van der Waals surface area contributed by atoms with Gasteiger partial charge in [-0.2, -0.15) is 0 Å². The number of piperidine rings is 1. The van der Waals surface area contributed by atoms with Crippen LogP contribution in [0.5, 0.6) is 0 Å². The van der Waals surface area contributed by atoms with Gasteiger partial charge in [-0.1, -0.05) is 5.16 Å². The molecule has 0 spiro atoms. The largest absolute Gasteiger partial charge is 0.409 e. The van der Waals surface area contributed by atoms with Gasteiger partial charge in [0.05, 0.1) is 6.10 Å². The maximum atomic E-state index is 8.60. The number of pyridine rings is 1. The van der Waals surface area contributed by atoms with Crippen molar-refractivity contribution >= 4 is 11.7 Å². The van der Waals surface area contributed by atoms with Crippen LogP contribution in [0.1, 0.15) is 25.3 Å². The van der Waals surface area contributed by atoms with E-state index >= 15 is 0 Å². The number of rotatable bonds is 4. The average Bonchev–Trinajstić information content (AvgIpc) is 2.48. The molecule has 0 radical (unpaired) electrons. The van der Waals surface area contributed by atoms with E-state index in [2.05, 4.69) is 15.0 Å². The molecule has 1 saturated heterocycles. The van der Waals surface area contributed by atoms with Gasteiger partial charge < -0.3 is 20.6 Å². The van der Waals surface area contributed by atoms with Crippen LogP contribution >= 0.6 is 0 Å². The Morgan fingerprint density at radius 2 is 2.26 bits per heavy atom. The van der Waals surface area contributed by atoms with Crippen LogP contribution in [-0.2, 0) is 4.74 Å². The lowest BCUT2D eigenvalue weighted by atomic mass is 10.1. The summed E-state index contributed by atoms with van der Waals surface area (Å²) in [4.78, 5) is 6.58. The van der Waals surface area contributed by atoms with E-state index in [0.29, 0.717) is 11.7 Å². The molecule has 0 aromatic carbocycles. The quantitative estimate of drug-likeness (QED) is 0.369. The second kappa shape index (κ2) is 6.38. The zero-order valence-electron chi connectivity index (χ0n) is 11.1. The van der Waals surface area contributed by atoms with Gasteiger partial charge in [-0.05, 0) is 31.9 Å². The van der Waals surface area contributed by atoms with Crippen molar-refractivity contribution in [3.05, 3.63) is 23.9 Å². The van der Waals surface area contributed by atoms with E-state index < -0.39 is 0 Å². The van der Waals surface area contributed by atoms with E-state index in [1.165, 1.54) is 0 Å². The van der Waals surface area contributed by atoms with E-state index in [1.54, 1.807) is 6.20 Å². The van der Waals surface area contributed by atoms with Gasteiger partial charge in [-0.3, -0.25) is 0 Å². The highest BCUT2D eigenvalue weighted by molar-refractivity contribution is 5.96. The number of hydrogen-bond acceptors (Lipinski definition) is 5. The molecule has 6 heteroatoms. The zero-order valence-corrected chi connectivity index (χ0v) is 11.1. The van der Waals surface area contributed by atoms with Crippen molar-refractivity contribution in [3.8, 4) is 0 Å². The average molecular weight is 264 g/mol. The Bertz CT molecular complexity index is 425. The van der Waals surface area contributed by atoms with Crippen molar-refractivity contribution in [2.75, 3.05) is 24.6 Å². The summed E-state index contributed by atoms with van der Waals surface area (Å²) in [5.74, 6) is 0.999. The number of oxime groups is 1. The minimum absolute atomic E-state index is 0.0779. The molecule has 1 aliphatic rings. The molecular weight excluding hydrogens is 244 g/mol. The molecule has 1 aromatic heterocycles. The third-order valence-electron chi connectivity index (χ3n) is 3.32. The monoisotopic (exact) mass is 264 g/mol. The fourth-order valence-electron chi connectivity index (χ4n) is 2.27. The topological polar surface area (TPSA) is 84.0 Å². The smallest absolute Gasteiger partial charge is 0.171 e. The predicted molar refractivity (Wildman–Crippen MR) is 73.6 cm³/mol. The lowest BCUT2D eigenvalue weighted by Crippen LogP contribution is -2.37. The minimum atomic E-state index is 0.0779. The first-order valence-corrected chi connectivity index (χ1v) is 6.55. The Kier molecular flexibility index (Phi) is 4.57. The van der Waals surface area contributed by atoms with E-state index in [1.807, 2.05) is 19.1 Å². The second-order valence-electron chi connectivity index (χ2n) is 4.53. The van der Waals surface area contributed by atoms with Crippen molar-refractivity contribution in [1.82, 2.24) is 4.98 Å². The molecule has 0 amide bonds. The summed E-state index contributed by atoms with van der Waals surface area (Å²) in [6.07, 6.45) is 4.05. The number of anilines is 1. The standard InChI is InChI=1S/C13H20N4O2/c1-2-19-11-5-7-17(8-6-11)12-4-3-10(9-15-12)13(14)16-18/h3-4,9,11,18H,2,5-8H2,1H3,(H2,14,16). The first kappa shape index (κ1) is 13.6. The van der Waals surface area contributed by atoms with Crippen molar-refractivity contribution in [2.45, 2.75) is 25.9 Å². The van der Waals surface area contributed by atoms with Crippen molar-refractivity contribution in [3.63, 3.8) is 0 Å². The second-order valence-corrected chi connectivity index (χ2v) is 4.53. The predicted octanol–water partition coefficient (Wildman–Crippen LogP) is 1.18. The van der Waals surface area contributed by atoms with Crippen molar-refractivity contribution in [1.29, 1.82) is 0 Å². The molecular formula is C13H20N4O2. The Morgan fingerprint density at radius 3 is 2.79 bits per heavy atom. The Balaban J connectivity index is 1.96. The highest BCUT2D eigenvalue weighted by atomic mass is 16.5. The van der Waals surface area contributed by atoms with Crippen LogP contribution in [0.3, 0.4) is 0 Å². The van der Waals surface area contributed by atoms with E-state index in [4.69, 9.17) is 15.7 Å². The third-order valence-corrected chi connectivity index (χ3v) is 3.32. The molecule has 104 valence electrons. The summed E-state index contributed by atoms with van der Waals surface area (Å²) in [5, 5.41) is 11.6. The minimum Gasteiger partial charge on any atom is -0.409 e. The molecule has 0 saturated carbocycles. The first-order valence-electron chi connectivity index (χ1n) is 6.55. The molecule has 2 rings (SSSR count). The highest BCUT2D eigenvalue weighted by Crippen LogP contribution is 2.19. The summed E-state index contributed by atoms with van der Waals surface area (Å²) >= 11 is 0. The van der Waals surface area contributed by atoms with Gasteiger partial charge in [0.1, 0.15) is 5.82 Å². The first-order chi connectivity index (χ1) is 9.24. The van der Waals surface area contributed by atoms with E-state index in [-0.39, 0.29) is 5.84 Å². The maximum Gasteiger partial charge on any atom is 0.171 e. The van der Waals surface area contributed by atoms with Crippen LogP contribution in [0.25, 0.3) is 0 Å². The highest BCUT2D eigenvalue weighted by Gasteiger charge is 2.20. The summed E-state index contributed by atoms with van der Waals surface area (Å²) in [5.41, 5.74) is 6.12. The van der Waals surface area contributed by atoms with Gasteiger partial charge in [0, 0.05) is 31.5 Å². The summed E-state index contributed by atoms with van der Waals surface area (Å²) in [6.45, 7) is 4.69. The van der Waals surface area contributed by atoms with E-state index in [0.717, 1.165) is 38.4 Å². The lowest BCUT2D eigenvalue weighted by molar-refractivity contribution is 0.0458. The molecule has 0 aliphatic carbocycles. The molecule has 19 heavy (non-hydrogen) atoms. The molecule has 2 heterocycles. The van der Waals surface area contributed by atoms with Crippen LogP contribution in [0.2, 0.25) is 0 Å². The number of hydrogen-bond donors (Lipinski definition) is 2. The Morgan fingerprint density at radius 1 is 1.53 bits per heavy atom. The number of ether oxygens (including phenoxy) is 1. The van der Waals surface area contributed by atoms with Crippen LogP contribution < -0.4 is 10.6 Å². The lowest BCUT2D eigenvalue weighted by Gasteiger charge is -2.32. The Labute approximate surface area is 112 Å². The molecule has 0 unspecified atom stereocenters. The number of nitrogens with zero attached hydrogens (tertiary/aromatic N) is 3. The van der Waals surface area contributed by atoms with Gasteiger partial charge >= 0.3 is 0 Å². The number of amidine groups is 1. The zero-order chi connectivity index (χ0) is 13.7. The fourth-order valence-corrected chi connectivity index (χ4v) is 2.27. The third kappa shape index (κ3) is 3.35. The fraction of sp³-hybridized carbons (Fsp3) is 0.538. The molecule has 6 nitrogen and oxygen atoms in total. The molecule has 1 aliphatic heterocycles. The molecule has 0 bridgehead atoms. The Hall–Kier alpha value is -1.82. The molecule has 0 atom stereocenters. The van der Waals surface area contributed by atoms with Crippen LogP contribution in [0.15, 0.2) is 23.5 Å². The van der Waals surface area contributed by atoms with Crippen molar-refractivity contribution < 1.29 is 9.94 Å². The normalized spacial score (nSPS) is 17.7. The van der Waals surface area contributed by atoms with Crippen LogP contribution in [0, 0.1) is 0 Å². The molecule has 3 N–H and O–H groups in total. The van der Waals surface area contributed by atoms with E-state index in [9.17, 15) is 0 Å². The van der Waals surface area contributed by atoms with Crippen molar-refractivity contribution in [2.24, 2.45) is 10.9 Å². The van der Waals surface area contributed by atoms with Gasteiger partial charge in [-0.25, -0.2) is 4.98 Å².